The molecule has 0 N–H and O–H groups in total. The van der Waals surface area contributed by atoms with Crippen LogP contribution < -0.4 is 0 Å². The largest absolute Gasteiger partial charge is 0.456 e. The molecule has 0 radical (unpaired) electrons. The third-order valence-electron chi connectivity index (χ3n) is 1.17. The number of terminal acetylenes is 2. The lowest BCUT2D eigenvalue weighted by molar-refractivity contribution is 0.374. The van der Waals surface area contributed by atoms with Crippen LogP contribution in [0.2, 0.25) is 0 Å². The van der Waals surface area contributed by atoms with Crippen molar-refractivity contribution >= 4 is 0 Å². The first-order valence-corrected chi connectivity index (χ1v) is 3.05. The Labute approximate surface area is 66.1 Å². The summed E-state index contributed by atoms with van der Waals surface area (Å²) in [7, 11) is 0. The molecule has 0 aromatic rings. The Kier molecular flexibility index (Phi) is 2.20. The van der Waals surface area contributed by atoms with Crippen LogP contribution in [0.3, 0.4) is 0 Å². The number of hydrogen-bond donors (Lipinski definition) is 0. The second-order valence-corrected chi connectivity index (χ2v) is 1.86. The van der Waals surface area contributed by atoms with Crippen LogP contribution in [0.4, 0.5) is 0 Å². The lowest BCUT2D eigenvalue weighted by Crippen LogP contribution is -1.76. The molecule has 11 heavy (non-hydrogen) atoms. The summed E-state index contributed by atoms with van der Waals surface area (Å²) in [4.78, 5) is 0. The van der Waals surface area contributed by atoms with Gasteiger partial charge in [0.15, 0.2) is 5.76 Å². The van der Waals surface area contributed by atoms with Crippen molar-refractivity contribution in [2.24, 2.45) is 0 Å². The summed E-state index contributed by atoms with van der Waals surface area (Å²) in [6.07, 6.45) is 16.8. The van der Waals surface area contributed by atoms with Gasteiger partial charge in [0.25, 0.3) is 0 Å². The molecule has 1 rings (SSSR count). The second kappa shape index (κ2) is 3.34. The van der Waals surface area contributed by atoms with Crippen LogP contribution >= 0.6 is 0 Å². The third kappa shape index (κ3) is 1.78. The summed E-state index contributed by atoms with van der Waals surface area (Å²) >= 11 is 0. The summed E-state index contributed by atoms with van der Waals surface area (Å²) < 4.78 is 4.98. The van der Waals surface area contributed by atoms with Gasteiger partial charge in [-0.2, -0.15) is 0 Å². The topological polar surface area (TPSA) is 9.23 Å². The lowest BCUT2D eigenvalue weighted by Gasteiger charge is -1.91. The predicted molar refractivity (Wildman–Crippen MR) is 44.1 cm³/mol. The van der Waals surface area contributed by atoms with Gasteiger partial charge in [0.1, 0.15) is 0 Å². The number of allylic oxidation sites excluding steroid dienone is 5. The molecule has 1 aliphatic rings. The van der Waals surface area contributed by atoms with Gasteiger partial charge in [-0.25, -0.2) is 0 Å². The Morgan fingerprint density at radius 3 is 2.64 bits per heavy atom. The van der Waals surface area contributed by atoms with Crippen molar-refractivity contribution in [2.45, 2.75) is 0 Å². The molecule has 0 unspecified atom stereocenters. The highest BCUT2D eigenvalue weighted by atomic mass is 16.5. The Balaban J connectivity index is 2.94. The quantitative estimate of drug-likeness (QED) is 0.467. The van der Waals surface area contributed by atoms with Crippen molar-refractivity contribution in [3.63, 3.8) is 0 Å². The number of ether oxygens (including phenoxy) is 1. The van der Waals surface area contributed by atoms with Gasteiger partial charge < -0.3 is 4.74 Å². The van der Waals surface area contributed by atoms with E-state index in [9.17, 15) is 0 Å². The van der Waals surface area contributed by atoms with Gasteiger partial charge in [-0.3, -0.25) is 0 Å². The van der Waals surface area contributed by atoms with Crippen LogP contribution in [0.5, 0.6) is 0 Å². The zero-order valence-corrected chi connectivity index (χ0v) is 5.87. The average Bonchev–Trinajstić information content (AvgIpc) is 2.28. The molecule has 0 saturated carbocycles. The monoisotopic (exact) mass is 142 g/mol. The molecule has 1 nitrogen and oxygen atoms in total. The molecule has 0 spiro atoms. The van der Waals surface area contributed by atoms with Gasteiger partial charge in [0.2, 0.25) is 0 Å². The number of rotatable bonds is 0. The van der Waals surface area contributed by atoms with Crippen molar-refractivity contribution in [1.82, 2.24) is 0 Å². The molecule has 0 bridgehead atoms. The van der Waals surface area contributed by atoms with E-state index >= 15 is 0 Å². The fraction of sp³-hybridized carbons (Fsp3) is 0. The molecule has 0 aromatic carbocycles. The lowest BCUT2D eigenvalue weighted by atomic mass is 10.2. The summed E-state index contributed by atoms with van der Waals surface area (Å²) in [5.74, 6) is 5.30. The van der Waals surface area contributed by atoms with E-state index in [0.29, 0.717) is 5.76 Å². The molecule has 1 aliphatic heterocycles. The minimum Gasteiger partial charge on any atom is -0.456 e. The fourth-order valence-corrected chi connectivity index (χ4v) is 0.619. The van der Waals surface area contributed by atoms with E-state index in [1.807, 2.05) is 0 Å². The molecule has 0 saturated heterocycles. The van der Waals surface area contributed by atoms with Gasteiger partial charge in [0.05, 0.1) is 6.26 Å². The second-order valence-electron chi connectivity index (χ2n) is 1.86. The zero-order chi connectivity index (χ0) is 8.10. The van der Waals surface area contributed by atoms with Gasteiger partial charge in [-0.15, -0.1) is 12.8 Å². The molecular weight excluding hydrogens is 136 g/mol. The van der Waals surface area contributed by atoms with Crippen molar-refractivity contribution in [1.29, 1.82) is 0 Å². The molecule has 1 heterocycles. The molecule has 0 amide bonds. The molecule has 0 atom stereocenters. The Morgan fingerprint density at radius 1 is 1.18 bits per heavy atom. The highest BCUT2D eigenvalue weighted by molar-refractivity contribution is 5.41. The Hall–Kier alpha value is -1.86. The minimum absolute atomic E-state index is 0.464. The van der Waals surface area contributed by atoms with Crippen LogP contribution in [-0.2, 0) is 4.74 Å². The van der Waals surface area contributed by atoms with Crippen molar-refractivity contribution in [3.05, 3.63) is 35.8 Å². The van der Waals surface area contributed by atoms with Gasteiger partial charge in [-0.05, 0) is 24.1 Å². The third-order valence-corrected chi connectivity index (χ3v) is 1.17. The summed E-state index contributed by atoms with van der Waals surface area (Å²) in [5, 5.41) is 0. The van der Waals surface area contributed by atoms with Crippen molar-refractivity contribution < 1.29 is 4.74 Å². The smallest absolute Gasteiger partial charge is 0.176 e. The zero-order valence-electron chi connectivity index (χ0n) is 5.87. The summed E-state index contributed by atoms with van der Waals surface area (Å²) in [6.45, 7) is 0. The first-order chi connectivity index (χ1) is 5.36. The Bertz CT molecular complexity index is 316. The maximum Gasteiger partial charge on any atom is 0.176 e. The SMILES string of the molecule is C#CC1=CC=C(C#C)OC=C1. The normalized spacial score (nSPS) is 14.7. The van der Waals surface area contributed by atoms with Crippen LogP contribution in [-0.4, -0.2) is 0 Å². The molecule has 0 fully saturated rings. The first kappa shape index (κ1) is 7.25. The van der Waals surface area contributed by atoms with E-state index in [2.05, 4.69) is 11.8 Å². The van der Waals surface area contributed by atoms with Crippen molar-refractivity contribution in [2.75, 3.05) is 0 Å². The average molecular weight is 142 g/mol. The maximum atomic E-state index is 5.15. The van der Waals surface area contributed by atoms with E-state index in [1.165, 1.54) is 6.26 Å². The first-order valence-electron chi connectivity index (χ1n) is 3.05. The predicted octanol–water partition coefficient (Wildman–Crippen LogP) is 1.61. The van der Waals surface area contributed by atoms with Gasteiger partial charge >= 0.3 is 0 Å². The molecule has 1 heteroatoms. The standard InChI is InChI=1S/C10H6O/c1-3-9-5-6-10(4-2)11-8-7-9/h1-2,5-8H. The van der Waals surface area contributed by atoms with Crippen LogP contribution in [0.1, 0.15) is 0 Å². The van der Waals surface area contributed by atoms with E-state index < -0.39 is 0 Å². The molecule has 0 aliphatic carbocycles. The van der Waals surface area contributed by atoms with Crippen LogP contribution in [0.25, 0.3) is 0 Å². The van der Waals surface area contributed by atoms with Crippen molar-refractivity contribution in [3.8, 4) is 24.7 Å². The van der Waals surface area contributed by atoms with Gasteiger partial charge in [0, 0.05) is 5.57 Å². The molecular formula is C10H6O. The Morgan fingerprint density at radius 2 is 2.00 bits per heavy atom. The molecule has 0 aromatic heterocycles. The van der Waals surface area contributed by atoms with E-state index in [4.69, 9.17) is 17.6 Å². The highest BCUT2D eigenvalue weighted by Gasteiger charge is 1.93. The fourth-order valence-electron chi connectivity index (χ4n) is 0.619. The highest BCUT2D eigenvalue weighted by Crippen LogP contribution is 2.06. The van der Waals surface area contributed by atoms with Crippen LogP contribution in [0.15, 0.2) is 35.8 Å². The number of hydrogen-bond acceptors (Lipinski definition) is 1. The summed E-state index contributed by atoms with van der Waals surface area (Å²) in [5.41, 5.74) is 0.746. The van der Waals surface area contributed by atoms with E-state index in [1.54, 1.807) is 18.2 Å². The van der Waals surface area contributed by atoms with E-state index in [0.717, 1.165) is 5.57 Å². The van der Waals surface area contributed by atoms with E-state index in [-0.39, 0.29) is 0 Å². The maximum absolute atomic E-state index is 5.15. The molecule has 52 valence electrons. The van der Waals surface area contributed by atoms with Gasteiger partial charge in [-0.1, -0.05) is 5.92 Å². The summed E-state index contributed by atoms with van der Waals surface area (Å²) in [6, 6.07) is 0. The van der Waals surface area contributed by atoms with Crippen LogP contribution in [0, 0.1) is 24.7 Å². The minimum atomic E-state index is 0.464.